The van der Waals surface area contributed by atoms with Crippen LogP contribution in [-0.2, 0) is 6.54 Å². The Morgan fingerprint density at radius 3 is 2.83 bits per heavy atom. The normalized spacial score (nSPS) is 14.2. The Balaban J connectivity index is 2.11. The van der Waals surface area contributed by atoms with Gasteiger partial charge in [-0.25, -0.2) is 4.98 Å². The van der Waals surface area contributed by atoms with Gasteiger partial charge in [0, 0.05) is 18.7 Å². The van der Waals surface area contributed by atoms with Gasteiger partial charge in [-0.15, -0.1) is 0 Å². The van der Waals surface area contributed by atoms with Gasteiger partial charge in [0.1, 0.15) is 10.3 Å². The van der Waals surface area contributed by atoms with Crippen molar-refractivity contribution in [1.29, 1.82) is 0 Å². The predicted molar refractivity (Wildman–Crippen MR) is 77.9 cm³/mol. The van der Waals surface area contributed by atoms with E-state index >= 15 is 0 Å². The van der Waals surface area contributed by atoms with Gasteiger partial charge in [0.2, 0.25) is 5.95 Å². The second-order valence-corrected chi connectivity index (χ2v) is 5.56. The molecule has 0 radical (unpaired) electrons. The minimum Gasteiger partial charge on any atom is -0.356 e. The number of rotatable bonds is 1. The minimum atomic E-state index is 0.973. The number of fused-ring (bicyclic) bond motifs is 1. The zero-order chi connectivity index (χ0) is 12.7. The van der Waals surface area contributed by atoms with Crippen LogP contribution in [-0.4, -0.2) is 16.1 Å². The predicted octanol–water partition coefficient (Wildman–Crippen LogP) is 3.75. The molecule has 0 amide bonds. The lowest BCUT2D eigenvalue weighted by Crippen LogP contribution is -2.17. The molecule has 0 unspecified atom stereocenters. The summed E-state index contributed by atoms with van der Waals surface area (Å²) in [7, 11) is 0. The maximum atomic E-state index is 4.70. The summed E-state index contributed by atoms with van der Waals surface area (Å²) in [5, 5.41) is 3.34. The van der Waals surface area contributed by atoms with Crippen molar-refractivity contribution in [3.8, 4) is 11.3 Å². The molecule has 1 N–H and O–H groups in total. The third-order valence-electron chi connectivity index (χ3n) is 3.53. The zero-order valence-electron chi connectivity index (χ0n) is 10.6. The second kappa shape index (κ2) is 4.43. The highest BCUT2D eigenvalue weighted by molar-refractivity contribution is 9.10. The zero-order valence-corrected chi connectivity index (χ0v) is 12.2. The van der Waals surface area contributed by atoms with Crippen molar-refractivity contribution in [1.82, 2.24) is 9.55 Å². The summed E-state index contributed by atoms with van der Waals surface area (Å²) >= 11 is 3.68. The number of hydrogen-bond acceptors (Lipinski definition) is 2. The lowest BCUT2D eigenvalue weighted by Gasteiger charge is -2.15. The highest BCUT2D eigenvalue weighted by Crippen LogP contribution is 2.33. The van der Waals surface area contributed by atoms with Crippen LogP contribution in [0.1, 0.15) is 17.5 Å². The molecule has 4 heteroatoms. The first-order valence-electron chi connectivity index (χ1n) is 6.24. The largest absolute Gasteiger partial charge is 0.356 e. The van der Waals surface area contributed by atoms with E-state index in [-0.39, 0.29) is 0 Å². The van der Waals surface area contributed by atoms with Gasteiger partial charge in [0.25, 0.3) is 0 Å². The van der Waals surface area contributed by atoms with E-state index in [1.54, 1.807) is 0 Å². The van der Waals surface area contributed by atoms with Gasteiger partial charge >= 0.3 is 0 Å². The molecule has 3 rings (SSSR count). The van der Waals surface area contributed by atoms with Crippen LogP contribution >= 0.6 is 15.9 Å². The summed E-state index contributed by atoms with van der Waals surface area (Å²) in [5.41, 5.74) is 4.83. The molecule has 0 saturated carbocycles. The van der Waals surface area contributed by atoms with E-state index in [2.05, 4.69) is 57.9 Å². The Labute approximate surface area is 115 Å². The van der Waals surface area contributed by atoms with Crippen LogP contribution in [0.3, 0.4) is 0 Å². The molecule has 0 bridgehead atoms. The fraction of sp³-hybridized carbons (Fsp3) is 0.357. The van der Waals surface area contributed by atoms with Crippen LogP contribution in [0.4, 0.5) is 5.95 Å². The van der Waals surface area contributed by atoms with Crippen molar-refractivity contribution in [2.45, 2.75) is 26.8 Å². The molecule has 0 atom stereocenters. The summed E-state index contributed by atoms with van der Waals surface area (Å²) in [6, 6.07) is 6.50. The van der Waals surface area contributed by atoms with Crippen molar-refractivity contribution in [2.24, 2.45) is 0 Å². The summed E-state index contributed by atoms with van der Waals surface area (Å²) < 4.78 is 3.28. The molecule has 3 nitrogen and oxygen atoms in total. The smallest absolute Gasteiger partial charge is 0.204 e. The molecule has 0 saturated heterocycles. The number of anilines is 1. The summed E-state index contributed by atoms with van der Waals surface area (Å²) in [6.07, 6.45) is 1.15. The third kappa shape index (κ3) is 1.85. The Kier molecular flexibility index (Phi) is 2.90. The van der Waals surface area contributed by atoms with Crippen molar-refractivity contribution in [2.75, 3.05) is 11.9 Å². The third-order valence-corrected chi connectivity index (χ3v) is 4.33. The molecule has 0 fully saturated rings. The molecular weight excluding hydrogens is 290 g/mol. The Morgan fingerprint density at radius 2 is 2.11 bits per heavy atom. The molecule has 1 aromatic heterocycles. The van der Waals surface area contributed by atoms with E-state index in [1.807, 2.05) is 0 Å². The second-order valence-electron chi connectivity index (χ2n) is 4.81. The average Bonchev–Trinajstić information content (AvgIpc) is 2.71. The van der Waals surface area contributed by atoms with E-state index in [0.29, 0.717) is 0 Å². The number of aromatic nitrogens is 2. The van der Waals surface area contributed by atoms with Crippen molar-refractivity contribution in [3.05, 3.63) is 33.9 Å². The standard InChI is InChI=1S/C14H16BrN3/c1-9-4-5-11(8-10(9)2)12-13(15)18-7-3-6-16-14(18)17-12/h4-5,8H,3,6-7H2,1-2H3,(H,16,17). The lowest BCUT2D eigenvalue weighted by molar-refractivity contribution is 0.618. The average molecular weight is 306 g/mol. The number of imidazole rings is 1. The van der Waals surface area contributed by atoms with Gasteiger partial charge in [0.15, 0.2) is 0 Å². The number of hydrogen-bond donors (Lipinski definition) is 1. The fourth-order valence-electron chi connectivity index (χ4n) is 2.28. The molecule has 2 aromatic rings. The summed E-state index contributed by atoms with van der Waals surface area (Å²) in [6.45, 7) is 6.31. The van der Waals surface area contributed by atoms with Crippen molar-refractivity contribution < 1.29 is 0 Å². The number of aryl methyl sites for hydroxylation is 2. The molecular formula is C14H16BrN3. The topological polar surface area (TPSA) is 29.9 Å². The highest BCUT2D eigenvalue weighted by atomic mass is 79.9. The van der Waals surface area contributed by atoms with Crippen LogP contribution in [0.15, 0.2) is 22.8 Å². The molecule has 2 heterocycles. The number of nitrogens with zero attached hydrogens (tertiary/aromatic N) is 2. The summed E-state index contributed by atoms with van der Waals surface area (Å²) in [5.74, 6) is 0.973. The molecule has 1 aliphatic rings. The van der Waals surface area contributed by atoms with Gasteiger partial charge in [0.05, 0.1) is 0 Å². The van der Waals surface area contributed by atoms with Gasteiger partial charge < -0.3 is 9.88 Å². The monoisotopic (exact) mass is 305 g/mol. The highest BCUT2D eigenvalue weighted by Gasteiger charge is 2.18. The fourth-order valence-corrected chi connectivity index (χ4v) is 2.94. The molecule has 0 aliphatic carbocycles. The maximum Gasteiger partial charge on any atom is 0.204 e. The van der Waals surface area contributed by atoms with E-state index in [1.165, 1.54) is 16.7 Å². The van der Waals surface area contributed by atoms with Gasteiger partial charge in [-0.1, -0.05) is 12.1 Å². The Bertz CT molecular complexity index is 601. The molecule has 94 valence electrons. The first-order valence-corrected chi connectivity index (χ1v) is 7.03. The molecule has 18 heavy (non-hydrogen) atoms. The van der Waals surface area contributed by atoms with Crippen molar-refractivity contribution in [3.63, 3.8) is 0 Å². The number of halogens is 1. The maximum absolute atomic E-state index is 4.70. The summed E-state index contributed by atoms with van der Waals surface area (Å²) in [4.78, 5) is 4.70. The quantitative estimate of drug-likeness (QED) is 0.869. The lowest BCUT2D eigenvalue weighted by atomic mass is 10.0. The van der Waals surface area contributed by atoms with Crippen LogP contribution in [0, 0.1) is 13.8 Å². The number of nitrogens with one attached hydrogen (secondary N) is 1. The van der Waals surface area contributed by atoms with Gasteiger partial charge in [-0.05, 0) is 53.4 Å². The van der Waals surface area contributed by atoms with Crippen molar-refractivity contribution >= 4 is 21.9 Å². The van der Waals surface area contributed by atoms with E-state index in [0.717, 1.165) is 35.8 Å². The van der Waals surface area contributed by atoms with E-state index < -0.39 is 0 Å². The SMILES string of the molecule is Cc1ccc(-c2nc3n(c2Br)CCCN3)cc1C. The molecule has 1 aliphatic heterocycles. The van der Waals surface area contributed by atoms with Crippen LogP contribution in [0.25, 0.3) is 11.3 Å². The van der Waals surface area contributed by atoms with Crippen LogP contribution < -0.4 is 5.32 Å². The first-order chi connectivity index (χ1) is 8.66. The number of benzene rings is 1. The Hall–Kier alpha value is -1.29. The first kappa shape index (κ1) is 11.8. The Morgan fingerprint density at radius 1 is 1.28 bits per heavy atom. The van der Waals surface area contributed by atoms with Gasteiger partial charge in [-0.2, -0.15) is 0 Å². The minimum absolute atomic E-state index is 0.973. The van der Waals surface area contributed by atoms with Crippen LogP contribution in [0.2, 0.25) is 0 Å². The molecule has 1 aromatic carbocycles. The van der Waals surface area contributed by atoms with Gasteiger partial charge in [-0.3, -0.25) is 0 Å². The molecule has 0 spiro atoms. The van der Waals surface area contributed by atoms with E-state index in [4.69, 9.17) is 4.98 Å². The van der Waals surface area contributed by atoms with E-state index in [9.17, 15) is 0 Å². The van der Waals surface area contributed by atoms with Crippen LogP contribution in [0.5, 0.6) is 0 Å².